The maximum absolute atomic E-state index is 12.3. The van der Waals surface area contributed by atoms with Gasteiger partial charge in [-0.25, -0.2) is 0 Å². The van der Waals surface area contributed by atoms with Gasteiger partial charge in [-0.3, -0.25) is 9.59 Å². The maximum Gasteiger partial charge on any atom is 0.325 e. The monoisotopic (exact) mass is 348 g/mol. The average molecular weight is 348 g/mol. The average Bonchev–Trinajstić information content (AvgIpc) is 2.73. The fourth-order valence-electron chi connectivity index (χ4n) is 1.99. The molecule has 0 aliphatic carbocycles. The zero-order valence-electron chi connectivity index (χ0n) is 18.0. The van der Waals surface area contributed by atoms with Gasteiger partial charge in [0.15, 0.2) is 0 Å². The molecule has 0 heterocycles. The minimum atomic E-state index is -0.775. The van der Waals surface area contributed by atoms with Crippen LogP contribution in [0.5, 0.6) is 0 Å². The molecule has 0 saturated carbocycles. The molecular weight excluding hydrogens is 322 g/mol. The van der Waals surface area contributed by atoms with Gasteiger partial charge in [-0.2, -0.15) is 12.6 Å². The summed E-state index contributed by atoms with van der Waals surface area (Å²) in [6.07, 6.45) is 0.480. The third-order valence-corrected chi connectivity index (χ3v) is 3.69. The molecule has 5 heteroatoms. The molecule has 126 valence electrons. The second kappa shape index (κ2) is 9.78. The molecule has 1 atom stereocenters. The number of benzene rings is 2. The van der Waals surface area contributed by atoms with E-state index in [1.54, 1.807) is 0 Å². The molecule has 4 nitrogen and oxygen atoms in total. The Hall–Kier alpha value is -2.27. The highest BCUT2D eigenvalue weighted by molar-refractivity contribution is 7.80. The summed E-state index contributed by atoms with van der Waals surface area (Å²) in [6, 6.07) is 7.07. The van der Waals surface area contributed by atoms with Gasteiger partial charge >= 0.3 is 5.97 Å². The van der Waals surface area contributed by atoms with Gasteiger partial charge in [-0.05, 0) is 17.5 Å². The minimum Gasteiger partial charge on any atom is -0.460 e. The molecule has 1 amide bonds. The molecular formula is C19H21NO3S. The number of esters is 1. The number of carbonyl (C=O) groups excluding carboxylic acids is 2. The molecule has 2 aromatic carbocycles. The Bertz CT molecular complexity index is 866. The van der Waals surface area contributed by atoms with Gasteiger partial charge in [0.05, 0.1) is 12.8 Å². The lowest BCUT2D eigenvalue weighted by Gasteiger charge is -2.14. The number of ether oxygens (including phenoxy) is 1. The zero-order valence-corrected chi connectivity index (χ0v) is 13.9. The third kappa shape index (κ3) is 6.08. The smallest absolute Gasteiger partial charge is 0.325 e. The van der Waals surface area contributed by atoms with Crippen LogP contribution in [0.3, 0.4) is 0 Å². The van der Waals surface area contributed by atoms with E-state index < -0.39 is 55.3 Å². The van der Waals surface area contributed by atoms with Crippen molar-refractivity contribution in [1.29, 1.82) is 0 Å². The Morgan fingerprint density at radius 2 is 1.83 bits per heavy atom. The van der Waals surface area contributed by atoms with Gasteiger partial charge in [-0.15, -0.1) is 0 Å². The molecule has 24 heavy (non-hydrogen) atoms. The molecule has 0 fully saturated rings. The summed E-state index contributed by atoms with van der Waals surface area (Å²) in [7, 11) is 0. The Kier molecular flexibility index (Phi) is 4.95. The maximum atomic E-state index is 12.3. The molecule has 1 unspecified atom stereocenters. The van der Waals surface area contributed by atoms with Gasteiger partial charge in [0.2, 0.25) is 5.91 Å². The van der Waals surface area contributed by atoms with Crippen molar-refractivity contribution < 1.29 is 21.2 Å². The Labute approximate surface area is 154 Å². The first-order chi connectivity index (χ1) is 13.8. The van der Waals surface area contributed by atoms with E-state index >= 15 is 0 Å². The van der Waals surface area contributed by atoms with Crippen molar-refractivity contribution in [3.05, 3.63) is 71.7 Å². The first-order valence-electron chi connectivity index (χ1n) is 9.90. The first-order valence-corrected chi connectivity index (χ1v) is 8.03. The van der Waals surface area contributed by atoms with Crippen molar-refractivity contribution in [2.75, 3.05) is 12.3 Å². The van der Waals surface area contributed by atoms with E-state index in [-0.39, 0.29) is 11.5 Å². The van der Waals surface area contributed by atoms with E-state index in [1.165, 1.54) is 0 Å². The van der Waals surface area contributed by atoms with Crippen LogP contribution in [0, 0.1) is 5.92 Å². The van der Waals surface area contributed by atoms with Crippen molar-refractivity contribution in [1.82, 2.24) is 5.32 Å². The van der Waals surface area contributed by atoms with Crippen molar-refractivity contribution in [3.8, 4) is 0 Å². The summed E-state index contributed by atoms with van der Waals surface area (Å²) >= 11 is 4.20. The first kappa shape index (κ1) is 12.1. The highest BCUT2D eigenvalue weighted by Crippen LogP contribution is 2.10. The summed E-state index contributed by atoms with van der Waals surface area (Å²) in [5, 5.41) is 2.49. The molecule has 2 aromatic rings. The van der Waals surface area contributed by atoms with E-state index in [2.05, 4.69) is 17.9 Å². The highest BCUT2D eigenvalue weighted by Gasteiger charge is 2.18. The van der Waals surface area contributed by atoms with Crippen LogP contribution in [-0.4, -0.2) is 24.2 Å². The number of hydrogen-bond acceptors (Lipinski definition) is 4. The summed E-state index contributed by atoms with van der Waals surface area (Å²) in [5.74, 6) is -1.24. The second-order valence-corrected chi connectivity index (χ2v) is 5.42. The standard InChI is InChI=1S/C19H21NO3S/c21-18(23-13-16-9-5-2-6-10-16)12-20-19(22)17(14-24)11-15-7-3-1-4-8-15/h1-10,17,24H,11-14H2,(H,20,22)/i2D,5D,6D,9D,10D. The van der Waals surface area contributed by atoms with Crippen LogP contribution in [0.4, 0.5) is 0 Å². The van der Waals surface area contributed by atoms with Crippen molar-refractivity contribution in [2.24, 2.45) is 5.92 Å². The second-order valence-electron chi connectivity index (χ2n) is 5.05. The normalized spacial score (nSPS) is 14.5. The fourth-order valence-corrected chi connectivity index (χ4v) is 2.29. The third-order valence-electron chi connectivity index (χ3n) is 3.25. The lowest BCUT2D eigenvalue weighted by atomic mass is 10.0. The largest absolute Gasteiger partial charge is 0.460 e. The predicted octanol–water partition coefficient (Wildman–Crippen LogP) is 2.63. The van der Waals surface area contributed by atoms with Crippen molar-refractivity contribution in [3.63, 3.8) is 0 Å². The van der Waals surface area contributed by atoms with Crippen LogP contribution in [0.25, 0.3) is 0 Å². The molecule has 0 saturated heterocycles. The van der Waals surface area contributed by atoms with Crippen molar-refractivity contribution >= 4 is 24.5 Å². The SMILES string of the molecule is [2H]c1c([2H])c([2H])c(COC(=O)CNC(=O)C(CS)Cc2ccccc2)c([2H])c1[2H]. The molecule has 2 rings (SSSR count). The van der Waals surface area contributed by atoms with Crippen molar-refractivity contribution in [2.45, 2.75) is 13.0 Å². The molecule has 0 aliphatic rings. The number of thiol groups is 1. The summed E-state index contributed by atoms with van der Waals surface area (Å²) in [4.78, 5) is 24.2. The van der Waals surface area contributed by atoms with Crippen LogP contribution in [0.15, 0.2) is 60.5 Å². The Balaban J connectivity index is 1.91. The van der Waals surface area contributed by atoms with Crippen LogP contribution in [0.1, 0.15) is 18.0 Å². The van der Waals surface area contributed by atoms with Gasteiger partial charge in [0.1, 0.15) is 13.2 Å². The molecule has 0 aliphatic heterocycles. The predicted molar refractivity (Wildman–Crippen MR) is 96.7 cm³/mol. The number of carbonyl (C=O) groups is 2. The van der Waals surface area contributed by atoms with E-state index in [9.17, 15) is 9.59 Å². The summed E-state index contributed by atoms with van der Waals surface area (Å²) in [5.41, 5.74) is 0.860. The molecule has 0 bridgehead atoms. The van der Waals surface area contributed by atoms with Crippen LogP contribution < -0.4 is 5.32 Å². The van der Waals surface area contributed by atoms with Crippen LogP contribution in [0.2, 0.25) is 0 Å². The lowest BCUT2D eigenvalue weighted by molar-refractivity contribution is -0.145. The van der Waals surface area contributed by atoms with Crippen LogP contribution >= 0.6 is 12.6 Å². The molecule has 0 spiro atoms. The van der Waals surface area contributed by atoms with E-state index in [0.717, 1.165) is 5.56 Å². The summed E-state index contributed by atoms with van der Waals surface area (Å²) < 4.78 is 43.3. The molecule has 0 radical (unpaired) electrons. The van der Waals surface area contributed by atoms with Gasteiger partial charge in [0, 0.05) is 5.75 Å². The quantitative estimate of drug-likeness (QED) is 0.570. The van der Waals surface area contributed by atoms with Crippen LogP contribution in [-0.2, 0) is 27.4 Å². The Morgan fingerprint density at radius 1 is 1.12 bits per heavy atom. The number of nitrogens with one attached hydrogen (secondary N) is 1. The van der Waals surface area contributed by atoms with E-state index in [4.69, 9.17) is 11.6 Å². The van der Waals surface area contributed by atoms with Gasteiger partial charge in [0.25, 0.3) is 0 Å². The summed E-state index contributed by atoms with van der Waals surface area (Å²) in [6.45, 7) is -0.874. The fraction of sp³-hybridized carbons (Fsp3) is 0.263. The highest BCUT2D eigenvalue weighted by atomic mass is 32.1. The van der Waals surface area contributed by atoms with Gasteiger partial charge < -0.3 is 10.1 Å². The molecule has 0 aromatic heterocycles. The van der Waals surface area contributed by atoms with E-state index in [0.29, 0.717) is 12.2 Å². The van der Waals surface area contributed by atoms with E-state index in [1.807, 2.05) is 30.3 Å². The minimum absolute atomic E-state index is 0.118. The zero-order chi connectivity index (χ0) is 21.6. The topological polar surface area (TPSA) is 55.4 Å². The number of hydrogen-bond donors (Lipinski definition) is 2. The molecule has 1 N–H and O–H groups in total. The number of rotatable bonds is 8. The Morgan fingerprint density at radius 3 is 2.50 bits per heavy atom. The van der Waals surface area contributed by atoms with Gasteiger partial charge in [-0.1, -0.05) is 60.5 Å². The lowest BCUT2D eigenvalue weighted by Crippen LogP contribution is -2.37. The number of amides is 1.